The minimum absolute atomic E-state index is 0.0778. The Hall–Kier alpha value is -3.61. The van der Waals surface area contributed by atoms with Gasteiger partial charge in [-0.15, -0.1) is 5.10 Å². The molecule has 3 heterocycles. The molecule has 1 unspecified atom stereocenters. The van der Waals surface area contributed by atoms with Crippen LogP contribution in [0.3, 0.4) is 0 Å². The van der Waals surface area contributed by atoms with Crippen molar-refractivity contribution in [3.63, 3.8) is 0 Å². The molecule has 1 N–H and O–H groups in total. The normalized spacial score (nSPS) is 16.5. The third-order valence-corrected chi connectivity index (χ3v) is 5.78. The summed E-state index contributed by atoms with van der Waals surface area (Å²) in [6.45, 7) is 0. The summed E-state index contributed by atoms with van der Waals surface area (Å²) in [7, 11) is 2.96. The van der Waals surface area contributed by atoms with Crippen LogP contribution in [0.25, 0.3) is 33.1 Å². The lowest BCUT2D eigenvalue weighted by atomic mass is 9.80. The molecule has 1 aromatic carbocycles. The summed E-state index contributed by atoms with van der Waals surface area (Å²) in [6, 6.07) is 5.81. The first-order chi connectivity index (χ1) is 14.8. The van der Waals surface area contributed by atoms with Crippen LogP contribution in [0.4, 0.5) is 13.2 Å². The summed E-state index contributed by atoms with van der Waals surface area (Å²) in [5.74, 6) is 0.110. The predicted molar refractivity (Wildman–Crippen MR) is 106 cm³/mol. The zero-order valence-electron chi connectivity index (χ0n) is 16.7. The Morgan fingerprint density at radius 3 is 2.77 bits per heavy atom. The second-order valence-corrected chi connectivity index (χ2v) is 7.66. The minimum atomic E-state index is -4.62. The van der Waals surface area contributed by atoms with E-state index in [1.807, 2.05) is 0 Å². The first-order valence-electron chi connectivity index (χ1n) is 9.69. The highest BCUT2D eigenvalue weighted by atomic mass is 19.4. The number of hydrogen-bond donors (Lipinski definition) is 1. The summed E-state index contributed by atoms with van der Waals surface area (Å²) in [4.78, 5) is 4.66. The lowest BCUT2D eigenvalue weighted by Crippen LogP contribution is -2.16. The first-order valence-corrected chi connectivity index (χ1v) is 9.69. The van der Waals surface area contributed by atoms with Crippen LogP contribution in [-0.2, 0) is 26.1 Å². The van der Waals surface area contributed by atoms with E-state index in [1.54, 1.807) is 12.1 Å². The van der Waals surface area contributed by atoms with Gasteiger partial charge in [0.2, 0.25) is 5.88 Å². The standard InChI is InChI=1S/C21H17F3N6O/c1-30-9-13(19(29-30)21(22,23)24)18-12-7-10(8-25)3-4-11(12)16-14(26-18)5-6-15-17(16)20(31-2)28-27-15/h5-6,9-10H,3-4,7H2,1-2H3,(H,27,28). The number of rotatable bonds is 2. The van der Waals surface area contributed by atoms with E-state index >= 15 is 0 Å². The Kier molecular flexibility index (Phi) is 4.18. The molecule has 0 saturated heterocycles. The average Bonchev–Trinajstić information content (AvgIpc) is 3.35. The number of aromatic amines is 1. The van der Waals surface area contributed by atoms with Gasteiger partial charge in [-0.1, -0.05) is 0 Å². The van der Waals surface area contributed by atoms with E-state index in [-0.39, 0.29) is 17.2 Å². The number of benzene rings is 1. The Morgan fingerprint density at radius 1 is 1.26 bits per heavy atom. The van der Waals surface area contributed by atoms with Crippen molar-refractivity contribution in [3.05, 3.63) is 35.2 Å². The van der Waals surface area contributed by atoms with Crippen LogP contribution < -0.4 is 4.74 Å². The number of aryl methyl sites for hydroxylation is 2. The minimum Gasteiger partial charge on any atom is -0.479 e. The van der Waals surface area contributed by atoms with E-state index in [0.29, 0.717) is 36.2 Å². The number of nitrogens with zero attached hydrogens (tertiary/aromatic N) is 5. The van der Waals surface area contributed by atoms with Crippen molar-refractivity contribution in [2.24, 2.45) is 13.0 Å². The number of nitriles is 1. The molecule has 158 valence electrons. The van der Waals surface area contributed by atoms with Crippen molar-refractivity contribution >= 4 is 21.8 Å². The summed E-state index contributed by atoms with van der Waals surface area (Å²) in [6.07, 6.45) is -1.79. The summed E-state index contributed by atoms with van der Waals surface area (Å²) < 4.78 is 47.7. The number of nitrogens with one attached hydrogen (secondary N) is 1. The lowest BCUT2D eigenvalue weighted by Gasteiger charge is -2.24. The lowest BCUT2D eigenvalue weighted by molar-refractivity contribution is -0.141. The molecule has 0 saturated carbocycles. The Bertz CT molecular complexity index is 1380. The van der Waals surface area contributed by atoms with Crippen molar-refractivity contribution in [3.8, 4) is 23.2 Å². The summed E-state index contributed by atoms with van der Waals surface area (Å²) in [5.41, 5.74) is 2.00. The molecular weight excluding hydrogens is 409 g/mol. The van der Waals surface area contributed by atoms with E-state index in [0.717, 1.165) is 26.5 Å². The van der Waals surface area contributed by atoms with Crippen LogP contribution in [0.15, 0.2) is 18.3 Å². The smallest absolute Gasteiger partial charge is 0.435 e. The van der Waals surface area contributed by atoms with Crippen LogP contribution in [0.1, 0.15) is 23.2 Å². The second kappa shape index (κ2) is 6.70. The molecule has 0 amide bonds. The maximum atomic E-state index is 13.7. The third kappa shape index (κ3) is 2.91. The molecule has 1 aliphatic carbocycles. The molecule has 31 heavy (non-hydrogen) atoms. The molecule has 0 aliphatic heterocycles. The Labute approximate surface area is 174 Å². The molecule has 0 fully saturated rings. The molecule has 0 radical (unpaired) electrons. The zero-order valence-corrected chi connectivity index (χ0v) is 16.7. The van der Waals surface area contributed by atoms with E-state index in [4.69, 9.17) is 4.74 Å². The van der Waals surface area contributed by atoms with Gasteiger partial charge in [-0.3, -0.25) is 9.78 Å². The quantitative estimate of drug-likeness (QED) is 0.519. The number of methoxy groups -OCH3 is 1. The van der Waals surface area contributed by atoms with Gasteiger partial charge in [-0.2, -0.15) is 23.5 Å². The fraction of sp³-hybridized carbons (Fsp3) is 0.333. The van der Waals surface area contributed by atoms with Gasteiger partial charge >= 0.3 is 6.18 Å². The SMILES string of the molecule is COc1n[nH]c2ccc3nc(-c4cn(C)nc4C(F)(F)F)c4c(c3c12)CCC(C#N)C4. The van der Waals surface area contributed by atoms with Crippen LogP contribution in [0.5, 0.6) is 5.88 Å². The summed E-state index contributed by atoms with van der Waals surface area (Å²) >= 11 is 0. The van der Waals surface area contributed by atoms with Crippen LogP contribution in [0, 0.1) is 17.2 Å². The number of fused-ring (bicyclic) bond motifs is 5. The number of pyridine rings is 1. The van der Waals surface area contributed by atoms with E-state index in [1.165, 1.54) is 20.4 Å². The van der Waals surface area contributed by atoms with Gasteiger partial charge in [0.05, 0.1) is 46.8 Å². The number of aromatic nitrogens is 5. The molecule has 1 aliphatic rings. The maximum Gasteiger partial charge on any atom is 0.435 e. The van der Waals surface area contributed by atoms with Gasteiger partial charge < -0.3 is 4.74 Å². The molecule has 5 rings (SSSR count). The van der Waals surface area contributed by atoms with Crippen LogP contribution in [0.2, 0.25) is 0 Å². The van der Waals surface area contributed by atoms with Crippen molar-refractivity contribution < 1.29 is 17.9 Å². The van der Waals surface area contributed by atoms with E-state index < -0.39 is 11.9 Å². The fourth-order valence-corrected chi connectivity index (χ4v) is 4.47. The average molecular weight is 426 g/mol. The van der Waals surface area contributed by atoms with E-state index in [2.05, 4.69) is 26.3 Å². The topological polar surface area (TPSA) is 92.4 Å². The molecule has 4 aromatic rings. The molecule has 0 spiro atoms. The number of hydrogen-bond acceptors (Lipinski definition) is 5. The second-order valence-electron chi connectivity index (χ2n) is 7.66. The number of ether oxygens (including phenoxy) is 1. The van der Waals surface area contributed by atoms with E-state index in [9.17, 15) is 18.4 Å². The predicted octanol–water partition coefficient (Wildman–Crippen LogP) is 4.17. The number of halogens is 3. The Morgan fingerprint density at radius 2 is 2.06 bits per heavy atom. The summed E-state index contributed by atoms with van der Waals surface area (Å²) in [5, 5.41) is 21.8. The molecule has 0 bridgehead atoms. The van der Waals surface area contributed by atoms with Crippen molar-refractivity contribution in [1.29, 1.82) is 5.26 Å². The van der Waals surface area contributed by atoms with Gasteiger partial charge in [-0.05, 0) is 42.5 Å². The Balaban J connectivity index is 1.90. The van der Waals surface area contributed by atoms with Crippen molar-refractivity contribution in [1.82, 2.24) is 25.0 Å². The molecule has 7 nitrogen and oxygen atoms in total. The van der Waals surface area contributed by atoms with Gasteiger partial charge in [0, 0.05) is 18.6 Å². The van der Waals surface area contributed by atoms with Crippen molar-refractivity contribution in [2.75, 3.05) is 7.11 Å². The van der Waals surface area contributed by atoms with Gasteiger partial charge in [0.1, 0.15) is 0 Å². The largest absolute Gasteiger partial charge is 0.479 e. The number of H-pyrrole nitrogens is 1. The van der Waals surface area contributed by atoms with Crippen molar-refractivity contribution in [2.45, 2.75) is 25.4 Å². The highest BCUT2D eigenvalue weighted by Gasteiger charge is 2.39. The molecular formula is C21H17F3N6O. The molecule has 1 atom stereocenters. The van der Waals surface area contributed by atoms with Gasteiger partial charge in [-0.25, -0.2) is 4.98 Å². The van der Waals surface area contributed by atoms with Crippen LogP contribution in [-0.4, -0.2) is 32.1 Å². The first kappa shape index (κ1) is 19.4. The fourth-order valence-electron chi connectivity index (χ4n) is 4.47. The zero-order chi connectivity index (χ0) is 21.9. The number of alkyl halides is 3. The van der Waals surface area contributed by atoms with Crippen LogP contribution >= 0.6 is 0 Å². The maximum absolute atomic E-state index is 13.7. The van der Waals surface area contributed by atoms with Gasteiger partial charge in [0.15, 0.2) is 5.69 Å². The monoisotopic (exact) mass is 426 g/mol. The molecule has 3 aromatic heterocycles. The highest BCUT2D eigenvalue weighted by Crippen LogP contribution is 2.43. The third-order valence-electron chi connectivity index (χ3n) is 5.78. The highest BCUT2D eigenvalue weighted by molar-refractivity contribution is 6.10. The molecule has 10 heteroatoms. The van der Waals surface area contributed by atoms with Gasteiger partial charge in [0.25, 0.3) is 0 Å².